The largest absolute Gasteiger partial charge is 0.419 e. The van der Waals surface area contributed by atoms with Crippen molar-refractivity contribution in [3.05, 3.63) is 53.1 Å². The monoisotopic (exact) mass is 503 g/mol. The van der Waals surface area contributed by atoms with Crippen LogP contribution in [0.2, 0.25) is 0 Å². The second-order valence-corrected chi connectivity index (χ2v) is 8.49. The predicted octanol–water partition coefficient (Wildman–Crippen LogP) is 3.46. The van der Waals surface area contributed by atoms with E-state index in [1.165, 1.54) is 23.1 Å². The van der Waals surface area contributed by atoms with Gasteiger partial charge in [-0.3, -0.25) is 14.5 Å². The number of nitriles is 1. The molecule has 0 radical (unpaired) electrons. The van der Waals surface area contributed by atoms with Gasteiger partial charge in [-0.15, -0.1) is 19.1 Å². The van der Waals surface area contributed by atoms with E-state index in [9.17, 15) is 27.2 Å². The Morgan fingerprint density at radius 2 is 2.03 bits per heavy atom. The molecule has 2 amide bonds. The number of hydrogen-bond donors (Lipinski definition) is 2. The third kappa shape index (κ3) is 3.94. The first-order valence-electron chi connectivity index (χ1n) is 10.3. The Bertz CT molecular complexity index is 1300. The smallest absolute Gasteiger partial charge is 0.341 e. The molecule has 1 aromatic carbocycles. The zero-order valence-electron chi connectivity index (χ0n) is 17.9. The molecule has 2 fully saturated rings. The van der Waals surface area contributed by atoms with Crippen molar-refractivity contribution in [1.82, 2.24) is 10.3 Å². The number of thiol groups is 1. The van der Waals surface area contributed by atoms with Crippen molar-refractivity contribution in [3.8, 4) is 18.4 Å². The zero-order chi connectivity index (χ0) is 25.5. The number of halogens is 4. The van der Waals surface area contributed by atoms with Crippen LogP contribution in [0.3, 0.4) is 0 Å². The lowest BCUT2D eigenvalue weighted by atomic mass is 9.75. The summed E-state index contributed by atoms with van der Waals surface area (Å²) in [6.07, 6.45) is 2.66. The van der Waals surface area contributed by atoms with Crippen molar-refractivity contribution in [2.75, 3.05) is 16.3 Å². The Balaban J connectivity index is 1.75. The molecule has 1 aromatic heterocycles. The Morgan fingerprint density at radius 1 is 1.31 bits per heavy atom. The van der Waals surface area contributed by atoms with Crippen LogP contribution in [-0.2, 0) is 11.0 Å². The van der Waals surface area contributed by atoms with E-state index in [4.69, 9.17) is 11.7 Å². The van der Waals surface area contributed by atoms with Crippen molar-refractivity contribution in [2.24, 2.45) is 0 Å². The van der Waals surface area contributed by atoms with Gasteiger partial charge in [0.05, 0.1) is 29.6 Å². The van der Waals surface area contributed by atoms with Crippen molar-refractivity contribution in [2.45, 2.75) is 36.5 Å². The number of carbonyl (C=O) groups excluding carboxylic acids is 2. The van der Waals surface area contributed by atoms with Gasteiger partial charge < -0.3 is 10.2 Å². The summed E-state index contributed by atoms with van der Waals surface area (Å²) in [5.74, 6) is 0.122. The summed E-state index contributed by atoms with van der Waals surface area (Å²) in [6.45, 7) is -0.0873. The summed E-state index contributed by atoms with van der Waals surface area (Å²) in [5.41, 5.74) is -4.56. The van der Waals surface area contributed by atoms with E-state index in [2.05, 4.69) is 28.8 Å². The van der Waals surface area contributed by atoms with Crippen molar-refractivity contribution >= 4 is 35.8 Å². The van der Waals surface area contributed by atoms with Crippen LogP contribution >= 0.6 is 12.6 Å². The topological polar surface area (TPSA) is 89.3 Å². The summed E-state index contributed by atoms with van der Waals surface area (Å²) < 4.78 is 55.3. The molecule has 180 valence electrons. The predicted molar refractivity (Wildman–Crippen MR) is 121 cm³/mol. The summed E-state index contributed by atoms with van der Waals surface area (Å²) in [7, 11) is 0. The second-order valence-electron chi connectivity index (χ2n) is 8.03. The Morgan fingerprint density at radius 3 is 2.57 bits per heavy atom. The van der Waals surface area contributed by atoms with Gasteiger partial charge in [0.1, 0.15) is 17.4 Å². The van der Waals surface area contributed by atoms with Crippen LogP contribution in [0.1, 0.15) is 40.9 Å². The number of carbonyl (C=O) groups is 2. The van der Waals surface area contributed by atoms with Crippen LogP contribution in [0.25, 0.3) is 0 Å². The summed E-state index contributed by atoms with van der Waals surface area (Å²) in [4.78, 5) is 31.8. The maximum atomic E-state index is 14.8. The van der Waals surface area contributed by atoms with Gasteiger partial charge in [-0.25, -0.2) is 9.37 Å². The molecule has 1 atom stereocenters. The molecule has 1 aliphatic heterocycles. The molecular formula is C23H17F4N5O2S. The van der Waals surface area contributed by atoms with Gasteiger partial charge in [-0.2, -0.15) is 18.4 Å². The molecular weight excluding hydrogens is 486 g/mol. The molecule has 2 aromatic rings. The van der Waals surface area contributed by atoms with Gasteiger partial charge in [0.15, 0.2) is 11.2 Å². The SMILES string of the molecule is C#CCNC(=O)c1ccc(N2C(S)N(c3cnc(C#N)c(C(F)(F)F)c3)C(=O)C23CCC3)cc1F. The molecule has 1 spiro atoms. The fourth-order valence-corrected chi connectivity index (χ4v) is 4.91. The first-order valence-corrected chi connectivity index (χ1v) is 10.9. The third-order valence-corrected chi connectivity index (χ3v) is 6.57. The fraction of sp³-hybridized carbons (Fsp3) is 0.304. The highest BCUT2D eigenvalue weighted by Crippen LogP contribution is 2.50. The van der Waals surface area contributed by atoms with Crippen molar-refractivity contribution in [1.29, 1.82) is 5.26 Å². The van der Waals surface area contributed by atoms with Crippen LogP contribution in [-0.4, -0.2) is 34.4 Å². The van der Waals surface area contributed by atoms with Gasteiger partial charge in [-0.05, 0) is 43.5 Å². The Hall–Kier alpha value is -3.77. The highest BCUT2D eigenvalue weighted by atomic mass is 32.1. The number of rotatable bonds is 4. The number of hydrogen-bond acceptors (Lipinski definition) is 6. The Kier molecular flexibility index (Phi) is 6.11. The molecule has 1 aliphatic carbocycles. The number of aromatic nitrogens is 1. The van der Waals surface area contributed by atoms with Crippen LogP contribution < -0.4 is 15.1 Å². The standard InChI is InChI=1S/C23H17F4N5O2S/c1-2-8-29-19(33)15-5-4-13(10-17(15)24)32-21(35)31(20(34)22(32)6-3-7-22)14-9-16(23(25,26)27)18(11-28)30-12-14/h1,4-5,9-10,12,21,35H,3,6-8H2,(H,29,33). The number of nitrogens with zero attached hydrogens (tertiary/aromatic N) is 4. The number of pyridine rings is 1. The summed E-state index contributed by atoms with van der Waals surface area (Å²) in [5, 5.41) is 11.4. The molecule has 4 rings (SSSR count). The minimum atomic E-state index is -4.87. The molecule has 0 bridgehead atoms. The van der Waals surface area contributed by atoms with E-state index in [1.807, 2.05) is 0 Å². The number of terminal acetylenes is 1. The first kappa shape index (κ1) is 24.4. The van der Waals surface area contributed by atoms with E-state index >= 15 is 0 Å². The van der Waals surface area contributed by atoms with E-state index in [0.29, 0.717) is 25.3 Å². The normalized spacial score (nSPS) is 18.7. The average Bonchev–Trinajstić information content (AvgIpc) is 3.03. The van der Waals surface area contributed by atoms with Crippen LogP contribution in [0.15, 0.2) is 30.5 Å². The zero-order valence-corrected chi connectivity index (χ0v) is 18.8. The lowest BCUT2D eigenvalue weighted by Gasteiger charge is -2.44. The van der Waals surface area contributed by atoms with Gasteiger partial charge in [0.25, 0.3) is 11.8 Å². The molecule has 7 nitrogen and oxygen atoms in total. The molecule has 2 heterocycles. The molecule has 1 saturated carbocycles. The van der Waals surface area contributed by atoms with E-state index < -0.39 is 46.1 Å². The van der Waals surface area contributed by atoms with E-state index in [1.54, 1.807) is 0 Å². The third-order valence-electron chi connectivity index (χ3n) is 6.11. The lowest BCUT2D eigenvalue weighted by molar-refractivity contribution is -0.138. The number of anilines is 2. The number of amides is 2. The van der Waals surface area contributed by atoms with Gasteiger partial charge >= 0.3 is 6.18 Å². The maximum Gasteiger partial charge on any atom is 0.419 e. The van der Waals surface area contributed by atoms with Crippen LogP contribution in [0.5, 0.6) is 0 Å². The number of nitrogens with one attached hydrogen (secondary N) is 1. The average molecular weight is 503 g/mol. The van der Waals surface area contributed by atoms with Crippen LogP contribution in [0.4, 0.5) is 28.9 Å². The molecule has 12 heteroatoms. The summed E-state index contributed by atoms with van der Waals surface area (Å²) in [6, 6.07) is 5.83. The van der Waals surface area contributed by atoms with Crippen LogP contribution in [0, 0.1) is 29.5 Å². The quantitative estimate of drug-likeness (QED) is 0.379. The highest BCUT2D eigenvalue weighted by Gasteiger charge is 2.60. The minimum Gasteiger partial charge on any atom is -0.341 e. The van der Waals surface area contributed by atoms with Crippen molar-refractivity contribution in [3.63, 3.8) is 0 Å². The molecule has 2 aliphatic rings. The Labute approximate surface area is 203 Å². The van der Waals surface area contributed by atoms with Gasteiger partial charge in [-0.1, -0.05) is 5.92 Å². The minimum absolute atomic E-state index is 0.0873. The summed E-state index contributed by atoms with van der Waals surface area (Å²) >= 11 is 4.50. The number of benzene rings is 1. The van der Waals surface area contributed by atoms with Gasteiger partial charge in [0.2, 0.25) is 0 Å². The fourth-order valence-electron chi connectivity index (χ4n) is 4.32. The number of alkyl halides is 3. The first-order chi connectivity index (χ1) is 16.5. The van der Waals surface area contributed by atoms with Gasteiger partial charge in [0, 0.05) is 5.69 Å². The highest BCUT2D eigenvalue weighted by molar-refractivity contribution is 7.81. The molecule has 1 N–H and O–H groups in total. The molecule has 1 saturated heterocycles. The van der Waals surface area contributed by atoms with E-state index in [-0.39, 0.29) is 23.5 Å². The molecule has 35 heavy (non-hydrogen) atoms. The molecule has 1 unspecified atom stereocenters. The van der Waals surface area contributed by atoms with E-state index in [0.717, 1.165) is 17.2 Å². The second kappa shape index (κ2) is 8.78. The van der Waals surface area contributed by atoms with Crippen molar-refractivity contribution < 1.29 is 27.2 Å². The maximum absolute atomic E-state index is 14.8. The lowest BCUT2D eigenvalue weighted by Crippen LogP contribution is -2.55.